The van der Waals surface area contributed by atoms with Crippen LogP contribution in [0.3, 0.4) is 0 Å². The second-order valence-corrected chi connectivity index (χ2v) is 11.5. The van der Waals surface area contributed by atoms with Gasteiger partial charge in [0.2, 0.25) is 0 Å². The highest BCUT2D eigenvalue weighted by Gasteiger charge is 2.58. The third-order valence-electron chi connectivity index (χ3n) is 6.89. The second kappa shape index (κ2) is 6.05. The zero-order chi connectivity index (χ0) is 20.4. The molecule has 2 unspecified atom stereocenters. The van der Waals surface area contributed by atoms with Gasteiger partial charge in [-0.1, -0.05) is 58.4 Å². The Kier molecular flexibility index (Phi) is 4.19. The molecule has 0 heterocycles. The van der Waals surface area contributed by atoms with Gasteiger partial charge in [0.1, 0.15) is 0 Å². The summed E-state index contributed by atoms with van der Waals surface area (Å²) in [7, 11) is 0. The average Bonchev–Trinajstić information content (AvgIpc) is 2.50. The predicted octanol–water partition coefficient (Wildman–Crippen LogP) is 5.46. The smallest absolute Gasteiger partial charge is 0.251 e. The van der Waals surface area contributed by atoms with Gasteiger partial charge >= 0.3 is 0 Å². The van der Waals surface area contributed by atoms with Gasteiger partial charge in [0.05, 0.1) is 5.54 Å². The van der Waals surface area contributed by atoms with Crippen molar-refractivity contribution >= 4 is 11.7 Å². The lowest BCUT2D eigenvalue weighted by atomic mass is 9.48. The highest BCUT2D eigenvalue weighted by Crippen LogP contribution is 2.61. The average molecular weight is 380 g/mol. The van der Waals surface area contributed by atoms with Gasteiger partial charge in [0, 0.05) is 17.6 Å². The van der Waals surface area contributed by atoms with Gasteiger partial charge in [-0.2, -0.15) is 0 Å². The van der Waals surface area contributed by atoms with E-state index in [-0.39, 0.29) is 27.9 Å². The third-order valence-corrected chi connectivity index (χ3v) is 6.89. The third kappa shape index (κ3) is 3.33. The Hall–Kier alpha value is -1.90. The van der Waals surface area contributed by atoms with Crippen molar-refractivity contribution in [2.45, 2.75) is 78.7 Å². The van der Waals surface area contributed by atoms with E-state index in [2.05, 4.69) is 39.9 Å². The molecule has 0 aliphatic heterocycles. The van der Waals surface area contributed by atoms with Crippen LogP contribution in [0.2, 0.25) is 0 Å². The summed E-state index contributed by atoms with van der Waals surface area (Å²) in [5, 5.41) is 3.40. The molecule has 1 saturated carbocycles. The van der Waals surface area contributed by atoms with E-state index in [1.165, 1.54) is 5.57 Å². The molecule has 3 nitrogen and oxygen atoms in total. The van der Waals surface area contributed by atoms with Gasteiger partial charge in [0.15, 0.2) is 5.78 Å². The van der Waals surface area contributed by atoms with E-state index in [1.54, 1.807) is 0 Å². The van der Waals surface area contributed by atoms with Crippen molar-refractivity contribution in [3.8, 4) is 0 Å². The molecule has 1 fully saturated rings. The maximum absolute atomic E-state index is 13.4. The number of nitrogens with one attached hydrogen (secondary N) is 1. The normalized spacial score (nSPS) is 33.2. The zero-order valence-corrected chi connectivity index (χ0v) is 17.9. The first-order valence-electron chi connectivity index (χ1n) is 10.6. The summed E-state index contributed by atoms with van der Waals surface area (Å²) in [6.45, 7) is 11.3. The van der Waals surface area contributed by atoms with Crippen LogP contribution in [-0.4, -0.2) is 17.2 Å². The first kappa shape index (κ1) is 19.4. The molecule has 0 saturated heterocycles. The van der Waals surface area contributed by atoms with Crippen molar-refractivity contribution in [3.05, 3.63) is 47.0 Å². The highest BCUT2D eigenvalue weighted by atomic mass is 16.2. The highest BCUT2D eigenvalue weighted by molar-refractivity contribution is 6.02. The molecule has 0 spiro atoms. The molecule has 4 rings (SSSR count). The molecule has 2 atom stereocenters. The summed E-state index contributed by atoms with van der Waals surface area (Å²) >= 11 is 0. The van der Waals surface area contributed by atoms with Crippen LogP contribution in [0.15, 0.2) is 41.5 Å². The van der Waals surface area contributed by atoms with Crippen LogP contribution >= 0.6 is 0 Å². The largest absolute Gasteiger partial charge is 0.342 e. The minimum Gasteiger partial charge on any atom is -0.342 e. The van der Waals surface area contributed by atoms with Crippen molar-refractivity contribution in [2.24, 2.45) is 16.2 Å². The minimum absolute atomic E-state index is 0.0120. The van der Waals surface area contributed by atoms with Crippen LogP contribution in [0, 0.1) is 16.2 Å². The fraction of sp³-hybridized carbons (Fsp3) is 0.600. The zero-order valence-electron chi connectivity index (χ0n) is 17.9. The standard InChI is InChI=1S/C25H33NO2/c1-22(2)11-18-12-24(5)14-23(3,4)15-25(16-24,20(18)19(27)13-22)26-21(28)17-9-7-6-8-10-17/h6-10H,11-16H2,1-5H3,(H,26,28). The molecule has 0 aromatic heterocycles. The number of amides is 1. The summed E-state index contributed by atoms with van der Waals surface area (Å²) in [4.78, 5) is 26.6. The van der Waals surface area contributed by atoms with Crippen molar-refractivity contribution < 1.29 is 9.59 Å². The van der Waals surface area contributed by atoms with Gasteiger partial charge in [0.25, 0.3) is 5.91 Å². The van der Waals surface area contributed by atoms with E-state index in [1.807, 2.05) is 30.3 Å². The minimum atomic E-state index is -0.537. The molecule has 1 aromatic rings. The molecule has 1 aromatic carbocycles. The van der Waals surface area contributed by atoms with Crippen LogP contribution in [0.5, 0.6) is 0 Å². The van der Waals surface area contributed by atoms with Crippen LogP contribution in [0.1, 0.15) is 83.5 Å². The van der Waals surface area contributed by atoms with Crippen LogP contribution < -0.4 is 5.32 Å². The van der Waals surface area contributed by atoms with E-state index in [4.69, 9.17) is 0 Å². The second-order valence-electron chi connectivity index (χ2n) is 11.5. The van der Waals surface area contributed by atoms with E-state index < -0.39 is 5.54 Å². The predicted molar refractivity (Wildman–Crippen MR) is 112 cm³/mol. The van der Waals surface area contributed by atoms with Gasteiger partial charge < -0.3 is 5.32 Å². The van der Waals surface area contributed by atoms with E-state index >= 15 is 0 Å². The number of rotatable bonds is 2. The first-order chi connectivity index (χ1) is 12.9. The van der Waals surface area contributed by atoms with E-state index in [0.29, 0.717) is 12.0 Å². The fourth-order valence-electron chi connectivity index (χ4n) is 6.94. The van der Waals surface area contributed by atoms with E-state index in [0.717, 1.165) is 37.7 Å². The molecule has 1 N–H and O–H groups in total. The van der Waals surface area contributed by atoms with Gasteiger partial charge in [-0.3, -0.25) is 9.59 Å². The van der Waals surface area contributed by atoms with Crippen molar-refractivity contribution in [3.63, 3.8) is 0 Å². The summed E-state index contributed by atoms with van der Waals surface area (Å²) in [6.07, 6.45) is 5.36. The first-order valence-corrected chi connectivity index (χ1v) is 10.6. The number of Topliss-reactive ketones (excluding diaryl/α,β-unsaturated/α-hetero) is 1. The van der Waals surface area contributed by atoms with Crippen molar-refractivity contribution in [1.82, 2.24) is 5.32 Å². The van der Waals surface area contributed by atoms with Crippen molar-refractivity contribution in [1.29, 1.82) is 0 Å². The molecule has 2 bridgehead atoms. The Balaban J connectivity index is 1.82. The number of allylic oxidation sites excluding steroid dienone is 1. The number of ketones is 1. The van der Waals surface area contributed by atoms with Crippen LogP contribution in [0.4, 0.5) is 0 Å². The molecule has 150 valence electrons. The number of benzene rings is 1. The summed E-state index contributed by atoms with van der Waals surface area (Å²) in [5.74, 6) is 0.186. The number of hydrogen-bond acceptors (Lipinski definition) is 2. The Labute approximate surface area is 169 Å². The van der Waals surface area contributed by atoms with Gasteiger partial charge in [-0.25, -0.2) is 0 Å². The Morgan fingerprint density at radius 2 is 1.54 bits per heavy atom. The quantitative estimate of drug-likeness (QED) is 0.741. The molecule has 1 amide bonds. The van der Waals surface area contributed by atoms with Crippen molar-refractivity contribution in [2.75, 3.05) is 0 Å². The monoisotopic (exact) mass is 379 g/mol. The molecular weight excluding hydrogens is 346 g/mol. The van der Waals surface area contributed by atoms with Crippen LogP contribution in [-0.2, 0) is 4.79 Å². The molecule has 3 aliphatic rings. The van der Waals surface area contributed by atoms with Gasteiger partial charge in [-0.05, 0) is 60.5 Å². The topological polar surface area (TPSA) is 46.2 Å². The molecule has 0 radical (unpaired) electrons. The lowest BCUT2D eigenvalue weighted by Gasteiger charge is -2.59. The Morgan fingerprint density at radius 1 is 0.857 bits per heavy atom. The Morgan fingerprint density at radius 3 is 2.21 bits per heavy atom. The summed E-state index contributed by atoms with van der Waals surface area (Å²) in [5.41, 5.74) is 2.60. The number of hydrogen-bond donors (Lipinski definition) is 1. The molecule has 28 heavy (non-hydrogen) atoms. The van der Waals surface area contributed by atoms with E-state index in [9.17, 15) is 9.59 Å². The fourth-order valence-corrected chi connectivity index (χ4v) is 6.94. The molecule has 3 heteroatoms. The number of carbonyl (C=O) groups excluding carboxylic acids is 2. The van der Waals surface area contributed by atoms with Gasteiger partial charge in [-0.15, -0.1) is 0 Å². The SMILES string of the molecule is CC1(C)CC(=O)C2=C(C1)CC1(C)CC(C)(C)CC2(NC(=O)c2ccccc2)C1. The maximum atomic E-state index is 13.4. The lowest BCUT2D eigenvalue weighted by Crippen LogP contribution is -2.62. The molecule has 3 aliphatic carbocycles. The number of fused-ring (bicyclic) bond motifs is 3. The number of carbonyl (C=O) groups is 2. The maximum Gasteiger partial charge on any atom is 0.251 e. The lowest BCUT2D eigenvalue weighted by molar-refractivity contribution is -0.120. The summed E-state index contributed by atoms with van der Waals surface area (Å²) < 4.78 is 0. The Bertz CT molecular complexity index is 864. The molecular formula is C25H33NO2. The van der Waals surface area contributed by atoms with Crippen LogP contribution in [0.25, 0.3) is 0 Å². The summed E-state index contributed by atoms with van der Waals surface area (Å²) in [6, 6.07) is 9.40.